The minimum absolute atomic E-state index is 0. The normalized spacial score (nSPS) is 13.6. The summed E-state index contributed by atoms with van der Waals surface area (Å²) < 4.78 is 5.13. The number of halogens is 1. The third-order valence-electron chi connectivity index (χ3n) is 3.15. The van der Waals surface area contributed by atoms with Crippen molar-refractivity contribution < 1.29 is 9.53 Å². The Labute approximate surface area is 120 Å². The van der Waals surface area contributed by atoms with Crippen molar-refractivity contribution in [2.24, 2.45) is 0 Å². The van der Waals surface area contributed by atoms with Gasteiger partial charge in [0.1, 0.15) is 5.75 Å². The Hall–Kier alpha value is -1.26. The van der Waals surface area contributed by atoms with Crippen molar-refractivity contribution in [3.63, 3.8) is 0 Å². The number of benzene rings is 1. The van der Waals surface area contributed by atoms with Gasteiger partial charge in [-0.25, -0.2) is 0 Å². The number of nitrogens with zero attached hydrogens (tertiary/aromatic N) is 1. The number of hydrogen-bond acceptors (Lipinski definition) is 3. The van der Waals surface area contributed by atoms with Crippen LogP contribution in [0.25, 0.3) is 0 Å². The zero-order valence-corrected chi connectivity index (χ0v) is 12.2. The van der Waals surface area contributed by atoms with Crippen LogP contribution in [0.3, 0.4) is 0 Å². The minimum Gasteiger partial charge on any atom is -0.497 e. The molecule has 0 atom stereocenters. The van der Waals surface area contributed by atoms with Gasteiger partial charge < -0.3 is 15.0 Å². The van der Waals surface area contributed by atoms with Crippen LogP contribution in [0.1, 0.15) is 18.4 Å². The van der Waals surface area contributed by atoms with Crippen LogP contribution < -0.4 is 10.1 Å². The topological polar surface area (TPSA) is 41.6 Å². The molecule has 0 spiro atoms. The molecule has 2 rings (SSSR count). The Kier molecular flexibility index (Phi) is 6.12. The van der Waals surface area contributed by atoms with Gasteiger partial charge in [0.25, 0.3) is 0 Å². The predicted molar refractivity (Wildman–Crippen MR) is 77.7 cm³/mol. The summed E-state index contributed by atoms with van der Waals surface area (Å²) in [5, 5.41) is 2.92. The lowest BCUT2D eigenvalue weighted by Gasteiger charge is -2.22. The lowest BCUT2D eigenvalue weighted by Crippen LogP contribution is -2.38. The Morgan fingerprint density at radius 1 is 1.37 bits per heavy atom. The maximum atomic E-state index is 12.0. The van der Waals surface area contributed by atoms with Gasteiger partial charge in [-0.05, 0) is 37.6 Å². The molecule has 0 heterocycles. The van der Waals surface area contributed by atoms with Gasteiger partial charge in [-0.15, -0.1) is 12.4 Å². The number of methoxy groups -OCH3 is 1. The highest BCUT2D eigenvalue weighted by Gasteiger charge is 2.31. The molecule has 106 valence electrons. The smallest absolute Gasteiger partial charge is 0.237 e. The van der Waals surface area contributed by atoms with E-state index >= 15 is 0 Å². The average Bonchev–Trinajstić information content (AvgIpc) is 3.21. The summed E-state index contributed by atoms with van der Waals surface area (Å²) in [5.41, 5.74) is 1.15. The van der Waals surface area contributed by atoms with E-state index < -0.39 is 0 Å². The molecule has 1 saturated carbocycles. The summed E-state index contributed by atoms with van der Waals surface area (Å²) in [5.74, 6) is 1.02. The Morgan fingerprint density at radius 3 is 2.47 bits per heavy atom. The first-order chi connectivity index (χ1) is 8.74. The molecule has 0 saturated heterocycles. The van der Waals surface area contributed by atoms with Gasteiger partial charge in [-0.3, -0.25) is 4.79 Å². The van der Waals surface area contributed by atoms with Crippen LogP contribution in [-0.4, -0.2) is 37.6 Å². The van der Waals surface area contributed by atoms with Gasteiger partial charge in [-0.1, -0.05) is 12.1 Å². The molecule has 1 aromatic carbocycles. The Balaban J connectivity index is 0.00000180. The van der Waals surface area contributed by atoms with Gasteiger partial charge in [0.2, 0.25) is 5.91 Å². The number of amides is 1. The largest absolute Gasteiger partial charge is 0.497 e. The summed E-state index contributed by atoms with van der Waals surface area (Å²) in [6.45, 7) is 1.10. The molecule has 5 heteroatoms. The first-order valence-electron chi connectivity index (χ1n) is 6.31. The van der Waals surface area contributed by atoms with Gasteiger partial charge in [-0.2, -0.15) is 0 Å². The highest BCUT2D eigenvalue weighted by molar-refractivity contribution is 5.85. The van der Waals surface area contributed by atoms with E-state index in [1.165, 1.54) is 0 Å². The number of carbonyl (C=O) groups excluding carboxylic acids is 1. The van der Waals surface area contributed by atoms with Crippen LogP contribution in [0.15, 0.2) is 24.3 Å². The van der Waals surface area contributed by atoms with E-state index in [0.717, 1.165) is 24.2 Å². The Bertz CT molecular complexity index is 404. The number of ether oxygens (including phenoxy) is 1. The maximum absolute atomic E-state index is 12.0. The van der Waals surface area contributed by atoms with Crippen molar-refractivity contribution >= 4 is 18.3 Å². The molecular weight excluding hydrogens is 264 g/mol. The van der Waals surface area contributed by atoms with E-state index in [9.17, 15) is 4.79 Å². The van der Waals surface area contributed by atoms with Crippen molar-refractivity contribution in [2.75, 3.05) is 20.7 Å². The molecule has 19 heavy (non-hydrogen) atoms. The molecule has 1 N–H and O–H groups in total. The van der Waals surface area contributed by atoms with E-state index in [0.29, 0.717) is 19.1 Å². The fraction of sp³-hybridized carbons (Fsp3) is 0.500. The SMILES string of the molecule is CNCC(=O)N(Cc1ccc(OC)cc1)C1CC1.Cl. The van der Waals surface area contributed by atoms with Crippen molar-refractivity contribution in [3.05, 3.63) is 29.8 Å². The second kappa shape index (κ2) is 7.36. The molecule has 0 aromatic heterocycles. The summed E-state index contributed by atoms with van der Waals surface area (Å²) in [6, 6.07) is 8.33. The van der Waals surface area contributed by atoms with Crippen LogP contribution >= 0.6 is 12.4 Å². The van der Waals surface area contributed by atoms with Crippen LogP contribution in [-0.2, 0) is 11.3 Å². The van der Waals surface area contributed by atoms with Crippen molar-refractivity contribution in [1.82, 2.24) is 10.2 Å². The minimum atomic E-state index is 0. The van der Waals surface area contributed by atoms with Crippen LogP contribution in [0, 0.1) is 0 Å². The maximum Gasteiger partial charge on any atom is 0.237 e. The van der Waals surface area contributed by atoms with Crippen molar-refractivity contribution in [2.45, 2.75) is 25.4 Å². The number of carbonyl (C=O) groups is 1. The molecule has 1 aliphatic rings. The third kappa shape index (κ3) is 4.40. The zero-order valence-electron chi connectivity index (χ0n) is 11.4. The standard InChI is InChI=1S/C14H20N2O2.ClH/c1-15-9-14(17)16(12-5-6-12)10-11-3-7-13(18-2)8-4-11;/h3-4,7-8,12,15H,5-6,9-10H2,1-2H3;1H. The molecule has 0 radical (unpaired) electrons. The molecule has 4 nitrogen and oxygen atoms in total. The lowest BCUT2D eigenvalue weighted by molar-refractivity contribution is -0.131. The Morgan fingerprint density at radius 2 is 2.00 bits per heavy atom. The fourth-order valence-corrected chi connectivity index (χ4v) is 1.99. The summed E-state index contributed by atoms with van der Waals surface area (Å²) in [7, 11) is 3.46. The lowest BCUT2D eigenvalue weighted by atomic mass is 10.2. The predicted octanol–water partition coefficient (Wildman–Crippen LogP) is 1.83. The molecule has 0 aliphatic heterocycles. The summed E-state index contributed by atoms with van der Waals surface area (Å²) >= 11 is 0. The summed E-state index contributed by atoms with van der Waals surface area (Å²) in [4.78, 5) is 14.0. The zero-order chi connectivity index (χ0) is 13.0. The molecular formula is C14H21ClN2O2. The first kappa shape index (κ1) is 15.8. The second-order valence-corrected chi connectivity index (χ2v) is 4.63. The second-order valence-electron chi connectivity index (χ2n) is 4.63. The monoisotopic (exact) mass is 284 g/mol. The molecule has 1 fully saturated rings. The van der Waals surface area contributed by atoms with E-state index in [1.54, 1.807) is 14.2 Å². The number of rotatable bonds is 6. The van der Waals surface area contributed by atoms with E-state index in [4.69, 9.17) is 4.74 Å². The van der Waals surface area contributed by atoms with Crippen LogP contribution in [0.2, 0.25) is 0 Å². The summed E-state index contributed by atoms with van der Waals surface area (Å²) in [6.07, 6.45) is 2.26. The molecule has 0 unspecified atom stereocenters. The number of nitrogens with one attached hydrogen (secondary N) is 1. The quantitative estimate of drug-likeness (QED) is 0.866. The highest BCUT2D eigenvalue weighted by atomic mass is 35.5. The van der Waals surface area contributed by atoms with Gasteiger partial charge in [0.15, 0.2) is 0 Å². The fourth-order valence-electron chi connectivity index (χ4n) is 1.99. The van der Waals surface area contributed by atoms with E-state index in [-0.39, 0.29) is 18.3 Å². The van der Waals surface area contributed by atoms with Crippen LogP contribution in [0.5, 0.6) is 5.75 Å². The number of likely N-dealkylation sites (N-methyl/N-ethyl adjacent to an activating group) is 1. The van der Waals surface area contributed by atoms with Crippen molar-refractivity contribution in [3.8, 4) is 5.75 Å². The van der Waals surface area contributed by atoms with E-state index in [1.807, 2.05) is 29.2 Å². The van der Waals surface area contributed by atoms with Crippen LogP contribution in [0.4, 0.5) is 0 Å². The first-order valence-corrected chi connectivity index (χ1v) is 6.31. The molecule has 1 aromatic rings. The average molecular weight is 285 g/mol. The molecule has 0 bridgehead atoms. The number of hydrogen-bond donors (Lipinski definition) is 1. The molecule has 1 aliphatic carbocycles. The van der Waals surface area contributed by atoms with Crippen molar-refractivity contribution in [1.29, 1.82) is 0 Å². The van der Waals surface area contributed by atoms with Gasteiger partial charge >= 0.3 is 0 Å². The van der Waals surface area contributed by atoms with E-state index in [2.05, 4.69) is 5.32 Å². The van der Waals surface area contributed by atoms with Gasteiger partial charge in [0.05, 0.1) is 13.7 Å². The van der Waals surface area contributed by atoms with Gasteiger partial charge in [0, 0.05) is 12.6 Å². The molecule has 1 amide bonds. The highest BCUT2D eigenvalue weighted by Crippen LogP contribution is 2.28. The third-order valence-corrected chi connectivity index (χ3v) is 3.15.